The first-order valence-corrected chi connectivity index (χ1v) is 9.48. The number of halogens is 1. The molecule has 126 valence electrons. The molecule has 1 atom stereocenters. The number of benzene rings is 1. The molecule has 1 unspecified atom stereocenters. The topological polar surface area (TPSA) is 64.0 Å². The Morgan fingerprint density at radius 1 is 1.29 bits per heavy atom. The van der Waals surface area contributed by atoms with Gasteiger partial charge in [0, 0.05) is 24.3 Å². The Balaban J connectivity index is 2.04. The molecule has 1 N–H and O–H groups in total. The number of aromatic nitrogens is 2. The van der Waals surface area contributed by atoms with Crippen LogP contribution in [0.4, 0.5) is 4.39 Å². The monoisotopic (exact) mass is 365 g/mol. The minimum atomic E-state index is -3.75. The highest BCUT2D eigenvalue weighted by Gasteiger charge is 2.26. The van der Waals surface area contributed by atoms with Crippen LogP contribution in [0.1, 0.15) is 22.3 Å². The maximum Gasteiger partial charge on any atom is 0.251 e. The third kappa shape index (κ3) is 3.40. The van der Waals surface area contributed by atoms with Crippen LogP contribution in [-0.4, -0.2) is 18.0 Å². The van der Waals surface area contributed by atoms with E-state index < -0.39 is 21.9 Å². The number of sulfonamides is 1. The van der Waals surface area contributed by atoms with Gasteiger partial charge in [-0.3, -0.25) is 0 Å². The van der Waals surface area contributed by atoms with Gasteiger partial charge in [-0.1, -0.05) is 12.1 Å². The van der Waals surface area contributed by atoms with Crippen LogP contribution in [0, 0.1) is 12.7 Å². The lowest BCUT2D eigenvalue weighted by atomic mass is 10.1. The zero-order valence-corrected chi connectivity index (χ0v) is 14.7. The highest BCUT2D eigenvalue weighted by atomic mass is 32.2. The van der Waals surface area contributed by atoms with Crippen LogP contribution >= 0.6 is 11.3 Å². The van der Waals surface area contributed by atoms with Gasteiger partial charge < -0.3 is 4.57 Å². The number of nitrogens with one attached hydrogen (secondary N) is 1. The lowest BCUT2D eigenvalue weighted by Gasteiger charge is -2.18. The van der Waals surface area contributed by atoms with Crippen LogP contribution in [0.15, 0.2) is 53.0 Å². The Kier molecular flexibility index (Phi) is 4.53. The van der Waals surface area contributed by atoms with E-state index >= 15 is 0 Å². The fourth-order valence-electron chi connectivity index (χ4n) is 2.38. The average molecular weight is 365 g/mol. The van der Waals surface area contributed by atoms with Crippen LogP contribution in [0.5, 0.6) is 0 Å². The van der Waals surface area contributed by atoms with E-state index in [-0.39, 0.29) is 4.21 Å². The molecule has 0 fully saturated rings. The van der Waals surface area contributed by atoms with E-state index in [0.717, 1.165) is 4.88 Å². The number of aryl methyl sites for hydroxylation is 2. The molecule has 0 aliphatic heterocycles. The second-order valence-electron chi connectivity index (χ2n) is 5.37. The Labute approximate surface area is 143 Å². The van der Waals surface area contributed by atoms with E-state index in [1.54, 1.807) is 48.3 Å². The van der Waals surface area contributed by atoms with Crippen LogP contribution in [-0.2, 0) is 17.1 Å². The molecule has 0 saturated carbocycles. The Morgan fingerprint density at radius 3 is 2.67 bits per heavy atom. The number of imidazole rings is 1. The molecule has 2 heterocycles. The number of hydrogen-bond acceptors (Lipinski definition) is 4. The molecule has 0 radical (unpaired) electrons. The molecule has 0 aliphatic rings. The zero-order valence-electron chi connectivity index (χ0n) is 13.1. The van der Waals surface area contributed by atoms with Crippen molar-refractivity contribution in [1.82, 2.24) is 14.3 Å². The number of rotatable bonds is 5. The van der Waals surface area contributed by atoms with E-state index in [2.05, 4.69) is 9.71 Å². The molecule has 5 nitrogen and oxygen atoms in total. The first-order valence-electron chi connectivity index (χ1n) is 7.18. The lowest BCUT2D eigenvalue weighted by Crippen LogP contribution is -2.30. The largest absolute Gasteiger partial charge is 0.336 e. The summed E-state index contributed by atoms with van der Waals surface area (Å²) >= 11 is 1.18. The van der Waals surface area contributed by atoms with Crippen molar-refractivity contribution in [3.05, 3.63) is 70.9 Å². The van der Waals surface area contributed by atoms with E-state index in [4.69, 9.17) is 0 Å². The van der Waals surface area contributed by atoms with Gasteiger partial charge in [0.15, 0.2) is 0 Å². The zero-order chi connectivity index (χ0) is 17.3. The Hall–Kier alpha value is -2.03. The van der Waals surface area contributed by atoms with E-state index in [1.807, 2.05) is 6.92 Å². The van der Waals surface area contributed by atoms with Crippen molar-refractivity contribution < 1.29 is 12.8 Å². The van der Waals surface area contributed by atoms with Crippen molar-refractivity contribution in [1.29, 1.82) is 0 Å². The Morgan fingerprint density at radius 2 is 2.08 bits per heavy atom. The third-order valence-electron chi connectivity index (χ3n) is 3.55. The molecule has 0 aliphatic carbocycles. The standard InChI is InChI=1S/C16H16FN3O2S2/c1-11-6-7-14(23-11)24(21,22)19-15(16-18-8-9-20(16)2)12-4-3-5-13(17)10-12/h3-10,15,19H,1-2H3. The van der Waals surface area contributed by atoms with Crippen molar-refractivity contribution in [2.75, 3.05) is 0 Å². The van der Waals surface area contributed by atoms with Gasteiger partial charge in [0.2, 0.25) is 0 Å². The van der Waals surface area contributed by atoms with Gasteiger partial charge >= 0.3 is 0 Å². The molecule has 3 rings (SSSR count). The van der Waals surface area contributed by atoms with E-state index in [1.165, 1.54) is 23.5 Å². The van der Waals surface area contributed by atoms with Gasteiger partial charge in [-0.15, -0.1) is 11.3 Å². The van der Waals surface area contributed by atoms with E-state index in [0.29, 0.717) is 11.4 Å². The molecule has 0 bridgehead atoms. The fraction of sp³-hybridized carbons (Fsp3) is 0.188. The summed E-state index contributed by atoms with van der Waals surface area (Å²) in [4.78, 5) is 5.12. The van der Waals surface area contributed by atoms with Gasteiger partial charge in [-0.25, -0.2) is 17.8 Å². The predicted octanol–water partition coefficient (Wildman–Crippen LogP) is 3.00. The smallest absolute Gasteiger partial charge is 0.251 e. The predicted molar refractivity (Wildman–Crippen MR) is 90.8 cm³/mol. The minimum absolute atomic E-state index is 0.218. The average Bonchev–Trinajstić information content (AvgIpc) is 3.14. The molecule has 8 heteroatoms. The van der Waals surface area contributed by atoms with Gasteiger partial charge in [-0.2, -0.15) is 4.72 Å². The highest BCUT2D eigenvalue weighted by Crippen LogP contribution is 2.26. The summed E-state index contributed by atoms with van der Waals surface area (Å²) in [6.07, 6.45) is 3.29. The summed E-state index contributed by atoms with van der Waals surface area (Å²) < 4.78 is 43.6. The molecule has 3 aromatic rings. The van der Waals surface area contributed by atoms with E-state index in [9.17, 15) is 12.8 Å². The molecule has 1 aromatic carbocycles. The number of thiophene rings is 1. The van der Waals surface area contributed by atoms with Crippen molar-refractivity contribution >= 4 is 21.4 Å². The van der Waals surface area contributed by atoms with Crippen molar-refractivity contribution in [2.24, 2.45) is 7.05 Å². The highest BCUT2D eigenvalue weighted by molar-refractivity contribution is 7.91. The molecular weight excluding hydrogens is 349 g/mol. The number of nitrogens with zero attached hydrogens (tertiary/aromatic N) is 2. The van der Waals surface area contributed by atoms with Crippen molar-refractivity contribution in [2.45, 2.75) is 17.2 Å². The summed E-state index contributed by atoms with van der Waals surface area (Å²) in [6, 6.07) is 8.36. The minimum Gasteiger partial charge on any atom is -0.336 e. The summed E-state index contributed by atoms with van der Waals surface area (Å²) in [5.74, 6) is 0.0512. The van der Waals surface area contributed by atoms with Crippen LogP contribution < -0.4 is 4.72 Å². The third-order valence-corrected chi connectivity index (χ3v) is 6.47. The second kappa shape index (κ2) is 6.46. The number of hydrogen-bond donors (Lipinski definition) is 1. The fourth-order valence-corrected chi connectivity index (χ4v) is 4.86. The van der Waals surface area contributed by atoms with Gasteiger partial charge in [0.1, 0.15) is 21.9 Å². The van der Waals surface area contributed by atoms with Crippen LogP contribution in [0.25, 0.3) is 0 Å². The van der Waals surface area contributed by atoms with Gasteiger partial charge in [0.25, 0.3) is 10.0 Å². The summed E-state index contributed by atoms with van der Waals surface area (Å²) in [7, 11) is -1.99. The summed E-state index contributed by atoms with van der Waals surface area (Å²) in [6.45, 7) is 1.84. The molecule has 0 saturated heterocycles. The van der Waals surface area contributed by atoms with Crippen LogP contribution in [0.2, 0.25) is 0 Å². The lowest BCUT2D eigenvalue weighted by molar-refractivity contribution is 0.562. The maximum absolute atomic E-state index is 13.6. The van der Waals surface area contributed by atoms with Gasteiger partial charge in [0.05, 0.1) is 0 Å². The Bertz CT molecular complexity index is 963. The second-order valence-corrected chi connectivity index (χ2v) is 8.60. The van der Waals surface area contributed by atoms with Crippen LogP contribution in [0.3, 0.4) is 0 Å². The van der Waals surface area contributed by atoms with Crippen molar-refractivity contribution in [3.63, 3.8) is 0 Å². The molecule has 0 amide bonds. The quantitative estimate of drug-likeness (QED) is 0.756. The molecule has 24 heavy (non-hydrogen) atoms. The first kappa shape index (κ1) is 16.8. The normalized spacial score (nSPS) is 13.1. The summed E-state index contributed by atoms with van der Waals surface area (Å²) in [5, 5.41) is 0. The summed E-state index contributed by atoms with van der Waals surface area (Å²) in [5.41, 5.74) is 0.487. The SMILES string of the molecule is Cc1ccc(S(=O)(=O)NC(c2cccc(F)c2)c2nccn2C)s1. The first-order chi connectivity index (χ1) is 11.4. The molecule has 2 aromatic heterocycles. The van der Waals surface area contributed by atoms with Gasteiger partial charge in [-0.05, 0) is 36.8 Å². The maximum atomic E-state index is 13.6. The molecule has 0 spiro atoms. The molecular formula is C16H16FN3O2S2. The van der Waals surface area contributed by atoms with Crippen molar-refractivity contribution in [3.8, 4) is 0 Å².